The standard InChI is InChI=1S/C52H42N2/c1-4-5-19-38(2)39(3)53(42-22-11-7-12-23-42)44-34-36-46(37-35-44)54(43-24-13-8-14-25-43)45-32-30-41(31-33-45)52-49-28-17-15-26-47(49)51(40-20-9-6-10-21-40)48-27-16-18-29-50(48)52/h4-37H,1H2,2-3H3/b19-5-,39-38+. The highest BCUT2D eigenvalue weighted by Crippen LogP contribution is 2.45. The van der Waals surface area contributed by atoms with E-state index < -0.39 is 0 Å². The number of hydrogen-bond acceptors (Lipinski definition) is 2. The number of allylic oxidation sites excluding steroid dienone is 5. The van der Waals surface area contributed by atoms with Crippen molar-refractivity contribution in [1.82, 2.24) is 0 Å². The Balaban J connectivity index is 1.22. The van der Waals surface area contributed by atoms with Crippen LogP contribution in [0.25, 0.3) is 43.8 Å². The lowest BCUT2D eigenvalue weighted by molar-refractivity contribution is 1.12. The molecule has 8 rings (SSSR count). The number of rotatable bonds is 10. The van der Waals surface area contributed by atoms with Crippen LogP contribution in [-0.4, -0.2) is 0 Å². The van der Waals surface area contributed by atoms with Gasteiger partial charge in [0.1, 0.15) is 0 Å². The Morgan fingerprint density at radius 2 is 0.759 bits per heavy atom. The van der Waals surface area contributed by atoms with Gasteiger partial charge in [-0.1, -0.05) is 152 Å². The van der Waals surface area contributed by atoms with Crippen LogP contribution in [0.2, 0.25) is 0 Å². The van der Waals surface area contributed by atoms with Crippen molar-refractivity contribution in [2.75, 3.05) is 9.80 Å². The summed E-state index contributed by atoms with van der Waals surface area (Å²) in [4.78, 5) is 4.64. The van der Waals surface area contributed by atoms with Gasteiger partial charge in [0.15, 0.2) is 0 Å². The van der Waals surface area contributed by atoms with Crippen LogP contribution in [0.15, 0.2) is 224 Å². The van der Waals surface area contributed by atoms with E-state index in [4.69, 9.17) is 0 Å². The van der Waals surface area contributed by atoms with Crippen LogP contribution in [0.3, 0.4) is 0 Å². The maximum atomic E-state index is 3.86. The molecule has 0 atom stereocenters. The molecule has 2 heteroatoms. The Labute approximate surface area is 318 Å². The topological polar surface area (TPSA) is 6.48 Å². The molecule has 0 amide bonds. The van der Waals surface area contributed by atoms with Crippen LogP contribution >= 0.6 is 0 Å². The number of para-hydroxylation sites is 2. The zero-order chi connectivity index (χ0) is 36.9. The van der Waals surface area contributed by atoms with E-state index >= 15 is 0 Å². The fraction of sp³-hybridized carbons (Fsp3) is 0.0385. The summed E-state index contributed by atoms with van der Waals surface area (Å²) < 4.78 is 0. The lowest BCUT2D eigenvalue weighted by Crippen LogP contribution is -2.16. The first-order valence-corrected chi connectivity index (χ1v) is 18.5. The van der Waals surface area contributed by atoms with Crippen molar-refractivity contribution in [2.24, 2.45) is 0 Å². The minimum atomic E-state index is 1.08. The molecule has 0 aliphatic carbocycles. The first-order valence-electron chi connectivity index (χ1n) is 18.5. The van der Waals surface area contributed by atoms with Crippen molar-refractivity contribution in [3.05, 3.63) is 224 Å². The third-order valence-electron chi connectivity index (χ3n) is 10.2. The van der Waals surface area contributed by atoms with Gasteiger partial charge in [-0.05, 0) is 124 Å². The van der Waals surface area contributed by atoms with E-state index in [1.54, 1.807) is 0 Å². The van der Waals surface area contributed by atoms with Crippen LogP contribution in [0, 0.1) is 0 Å². The van der Waals surface area contributed by atoms with Gasteiger partial charge in [0, 0.05) is 34.1 Å². The number of nitrogens with zero attached hydrogens (tertiary/aromatic N) is 2. The highest BCUT2D eigenvalue weighted by molar-refractivity contribution is 6.21. The predicted molar refractivity (Wildman–Crippen MR) is 233 cm³/mol. The van der Waals surface area contributed by atoms with Crippen molar-refractivity contribution >= 4 is 50.0 Å². The fourth-order valence-electron chi connectivity index (χ4n) is 7.53. The summed E-state index contributed by atoms with van der Waals surface area (Å²) in [7, 11) is 0. The lowest BCUT2D eigenvalue weighted by atomic mass is 9.86. The Morgan fingerprint density at radius 3 is 1.24 bits per heavy atom. The second-order valence-corrected chi connectivity index (χ2v) is 13.5. The first kappa shape index (κ1) is 34.2. The predicted octanol–water partition coefficient (Wildman–Crippen LogP) is 15.0. The molecular formula is C52H42N2. The van der Waals surface area contributed by atoms with Gasteiger partial charge >= 0.3 is 0 Å². The average molecular weight is 695 g/mol. The average Bonchev–Trinajstić information content (AvgIpc) is 3.24. The second kappa shape index (κ2) is 15.4. The molecule has 0 heterocycles. The van der Waals surface area contributed by atoms with Crippen molar-refractivity contribution in [3.63, 3.8) is 0 Å². The van der Waals surface area contributed by atoms with Gasteiger partial charge in [0.2, 0.25) is 0 Å². The molecule has 0 fully saturated rings. The molecule has 0 aliphatic heterocycles. The van der Waals surface area contributed by atoms with Gasteiger partial charge in [0.25, 0.3) is 0 Å². The largest absolute Gasteiger partial charge is 0.314 e. The van der Waals surface area contributed by atoms with Crippen LogP contribution in [0.4, 0.5) is 28.4 Å². The van der Waals surface area contributed by atoms with Crippen molar-refractivity contribution < 1.29 is 0 Å². The van der Waals surface area contributed by atoms with Gasteiger partial charge in [0.05, 0.1) is 0 Å². The van der Waals surface area contributed by atoms with Crippen molar-refractivity contribution in [1.29, 1.82) is 0 Å². The number of benzene rings is 8. The zero-order valence-electron chi connectivity index (χ0n) is 30.7. The molecule has 8 aromatic carbocycles. The molecule has 0 radical (unpaired) electrons. The molecular weight excluding hydrogens is 653 g/mol. The Morgan fingerprint density at radius 1 is 0.407 bits per heavy atom. The smallest absolute Gasteiger partial charge is 0.0463 e. The summed E-state index contributed by atoms with van der Waals surface area (Å²) in [6, 6.07) is 67.5. The molecule has 260 valence electrons. The van der Waals surface area contributed by atoms with Gasteiger partial charge in [-0.15, -0.1) is 0 Å². The van der Waals surface area contributed by atoms with E-state index in [-0.39, 0.29) is 0 Å². The normalized spacial score (nSPS) is 11.8. The molecule has 2 nitrogen and oxygen atoms in total. The summed E-state index contributed by atoms with van der Waals surface area (Å²) in [6.07, 6.45) is 5.91. The van der Waals surface area contributed by atoms with Gasteiger partial charge in [-0.2, -0.15) is 0 Å². The van der Waals surface area contributed by atoms with Crippen LogP contribution < -0.4 is 9.80 Å². The van der Waals surface area contributed by atoms with E-state index in [2.05, 4.69) is 224 Å². The summed E-state index contributed by atoms with van der Waals surface area (Å²) in [6.45, 7) is 8.17. The minimum Gasteiger partial charge on any atom is -0.314 e. The molecule has 0 N–H and O–H groups in total. The van der Waals surface area contributed by atoms with Crippen molar-refractivity contribution in [2.45, 2.75) is 13.8 Å². The SMILES string of the molecule is C=C/C=C\C(C)=C(/C)N(c1ccccc1)c1ccc(N(c2ccccc2)c2ccc(-c3c4ccccc4c(-c4ccccc4)c4ccccc34)cc2)cc1. The van der Waals surface area contributed by atoms with Crippen LogP contribution in [-0.2, 0) is 0 Å². The molecule has 0 saturated carbocycles. The minimum absolute atomic E-state index is 1.08. The first-order chi connectivity index (χ1) is 26.6. The number of hydrogen-bond donors (Lipinski definition) is 0. The van der Waals surface area contributed by atoms with E-state index in [0.717, 1.165) is 34.1 Å². The molecule has 0 spiro atoms. The summed E-state index contributed by atoms with van der Waals surface area (Å²) in [5.74, 6) is 0. The Hall–Kier alpha value is -6.90. The second-order valence-electron chi connectivity index (χ2n) is 13.5. The summed E-state index contributed by atoms with van der Waals surface area (Å²) >= 11 is 0. The van der Waals surface area contributed by atoms with E-state index in [1.807, 2.05) is 12.2 Å². The molecule has 0 unspecified atom stereocenters. The third kappa shape index (κ3) is 6.62. The van der Waals surface area contributed by atoms with E-state index in [1.165, 1.54) is 49.4 Å². The molecule has 0 aliphatic rings. The molecule has 8 aromatic rings. The highest BCUT2D eigenvalue weighted by Gasteiger charge is 2.19. The monoisotopic (exact) mass is 694 g/mol. The summed E-state index contributed by atoms with van der Waals surface area (Å²) in [5.41, 5.74) is 12.8. The molecule has 54 heavy (non-hydrogen) atoms. The molecule has 0 bridgehead atoms. The Kier molecular flexibility index (Phi) is 9.74. The van der Waals surface area contributed by atoms with Gasteiger partial charge in [-0.25, -0.2) is 0 Å². The quantitative estimate of drug-likeness (QED) is 0.104. The lowest BCUT2D eigenvalue weighted by Gasteiger charge is -2.29. The van der Waals surface area contributed by atoms with Crippen LogP contribution in [0.1, 0.15) is 13.8 Å². The molecule has 0 aromatic heterocycles. The Bertz CT molecular complexity index is 2540. The van der Waals surface area contributed by atoms with Gasteiger partial charge < -0.3 is 9.80 Å². The fourth-order valence-corrected chi connectivity index (χ4v) is 7.53. The maximum absolute atomic E-state index is 3.86. The number of fused-ring (bicyclic) bond motifs is 2. The van der Waals surface area contributed by atoms with E-state index in [0.29, 0.717) is 0 Å². The van der Waals surface area contributed by atoms with Crippen molar-refractivity contribution in [3.8, 4) is 22.3 Å². The number of anilines is 5. The highest BCUT2D eigenvalue weighted by atomic mass is 15.2. The van der Waals surface area contributed by atoms with Crippen LogP contribution in [0.5, 0.6) is 0 Å². The van der Waals surface area contributed by atoms with Gasteiger partial charge in [-0.3, -0.25) is 0 Å². The maximum Gasteiger partial charge on any atom is 0.0463 e. The summed E-state index contributed by atoms with van der Waals surface area (Å²) in [5, 5.41) is 5.02. The zero-order valence-corrected chi connectivity index (χ0v) is 30.7. The third-order valence-corrected chi connectivity index (χ3v) is 10.2. The van der Waals surface area contributed by atoms with E-state index in [9.17, 15) is 0 Å². The molecule has 0 saturated heterocycles.